The number of aromatic nitrogens is 3. The van der Waals surface area contributed by atoms with Crippen LogP contribution in [-0.2, 0) is 0 Å². The number of halogens is 1. The van der Waals surface area contributed by atoms with Crippen LogP contribution in [0.3, 0.4) is 0 Å². The molecule has 1 amide bonds. The number of rotatable bonds is 4. The second-order valence-electron chi connectivity index (χ2n) is 7.56. The zero-order valence-electron chi connectivity index (χ0n) is 17.3. The van der Waals surface area contributed by atoms with Crippen LogP contribution in [0, 0.1) is 12.7 Å². The third-order valence-electron chi connectivity index (χ3n) is 5.31. The summed E-state index contributed by atoms with van der Waals surface area (Å²) in [5, 5.41) is 10.4. The van der Waals surface area contributed by atoms with Gasteiger partial charge in [0.25, 0.3) is 11.9 Å². The zero-order valence-corrected chi connectivity index (χ0v) is 17.3. The Labute approximate surface area is 184 Å². The second kappa shape index (κ2) is 8.11. The highest BCUT2D eigenvalue weighted by atomic mass is 19.1. The lowest BCUT2D eigenvalue weighted by Crippen LogP contribution is -2.20. The third-order valence-corrected chi connectivity index (χ3v) is 5.31. The summed E-state index contributed by atoms with van der Waals surface area (Å²) in [7, 11) is 0. The van der Waals surface area contributed by atoms with Crippen molar-refractivity contribution in [2.45, 2.75) is 13.0 Å². The second-order valence-corrected chi connectivity index (χ2v) is 7.56. The molecule has 1 aliphatic heterocycles. The molecule has 1 atom stereocenters. The number of hydrogen-bond donors (Lipinski definition) is 2. The molecule has 3 aromatic carbocycles. The Hall–Kier alpha value is -4.26. The molecule has 158 valence electrons. The minimum Gasteiger partial charge on any atom is -0.324 e. The van der Waals surface area contributed by atoms with E-state index < -0.39 is 11.7 Å². The summed E-state index contributed by atoms with van der Waals surface area (Å²) in [6.45, 7) is 2.04. The van der Waals surface area contributed by atoms with Crippen LogP contribution in [0.25, 0.3) is 5.70 Å². The highest BCUT2D eigenvalue weighted by Gasteiger charge is 2.26. The van der Waals surface area contributed by atoms with E-state index in [0.717, 1.165) is 22.4 Å². The predicted octanol–water partition coefficient (Wildman–Crippen LogP) is 5.03. The number of nitrogens with zero attached hydrogens (tertiary/aromatic N) is 3. The van der Waals surface area contributed by atoms with Gasteiger partial charge in [-0.05, 0) is 36.3 Å². The van der Waals surface area contributed by atoms with E-state index in [1.54, 1.807) is 10.7 Å². The number of carbonyl (C=O) groups is 1. The van der Waals surface area contributed by atoms with E-state index in [1.807, 2.05) is 61.5 Å². The van der Waals surface area contributed by atoms with Crippen LogP contribution >= 0.6 is 0 Å². The van der Waals surface area contributed by atoms with Crippen molar-refractivity contribution in [3.05, 3.63) is 113 Å². The van der Waals surface area contributed by atoms with Crippen molar-refractivity contribution < 1.29 is 9.18 Å². The maximum Gasteiger partial charge on any atom is 0.261 e. The van der Waals surface area contributed by atoms with Crippen molar-refractivity contribution in [3.8, 4) is 0 Å². The molecule has 7 heteroatoms. The monoisotopic (exact) mass is 425 g/mol. The summed E-state index contributed by atoms with van der Waals surface area (Å²) >= 11 is 0. The van der Waals surface area contributed by atoms with Gasteiger partial charge in [-0.2, -0.15) is 4.98 Å². The summed E-state index contributed by atoms with van der Waals surface area (Å²) in [6, 6.07) is 23.7. The zero-order chi connectivity index (χ0) is 22.1. The lowest BCUT2D eigenvalue weighted by Gasteiger charge is -2.24. The SMILES string of the molecule is Cc1ccc(C2C=C(c3ccccc3)Nc3nc(NC(=O)c4ccccc4F)nn32)cc1. The molecule has 0 aliphatic carbocycles. The molecule has 0 radical (unpaired) electrons. The fourth-order valence-corrected chi connectivity index (χ4v) is 3.65. The van der Waals surface area contributed by atoms with Crippen LogP contribution in [0.5, 0.6) is 0 Å². The van der Waals surface area contributed by atoms with Gasteiger partial charge in [-0.15, -0.1) is 5.10 Å². The van der Waals surface area contributed by atoms with Gasteiger partial charge in [-0.3, -0.25) is 10.1 Å². The molecule has 32 heavy (non-hydrogen) atoms. The van der Waals surface area contributed by atoms with Gasteiger partial charge in [0.1, 0.15) is 11.9 Å². The van der Waals surface area contributed by atoms with Crippen molar-refractivity contribution in [2.75, 3.05) is 10.6 Å². The van der Waals surface area contributed by atoms with Crippen LogP contribution in [-0.4, -0.2) is 20.7 Å². The highest BCUT2D eigenvalue weighted by Crippen LogP contribution is 2.33. The van der Waals surface area contributed by atoms with Crippen LogP contribution < -0.4 is 10.6 Å². The van der Waals surface area contributed by atoms with Crippen molar-refractivity contribution in [2.24, 2.45) is 0 Å². The van der Waals surface area contributed by atoms with Crippen LogP contribution in [0.15, 0.2) is 84.9 Å². The largest absolute Gasteiger partial charge is 0.324 e. The molecule has 1 aromatic heterocycles. The Morgan fingerprint density at radius 1 is 1.00 bits per heavy atom. The molecule has 0 bridgehead atoms. The average molecular weight is 425 g/mol. The molecule has 0 saturated heterocycles. The number of hydrogen-bond acceptors (Lipinski definition) is 4. The minimum atomic E-state index is -0.603. The number of amides is 1. The number of allylic oxidation sites excluding steroid dienone is 1. The van der Waals surface area contributed by atoms with Crippen molar-refractivity contribution >= 4 is 23.5 Å². The van der Waals surface area contributed by atoms with Gasteiger partial charge in [-0.25, -0.2) is 9.07 Å². The first kappa shape index (κ1) is 19.7. The van der Waals surface area contributed by atoms with Crippen molar-refractivity contribution in [1.29, 1.82) is 0 Å². The predicted molar refractivity (Wildman–Crippen MR) is 122 cm³/mol. The summed E-state index contributed by atoms with van der Waals surface area (Å²) < 4.78 is 15.7. The number of nitrogens with one attached hydrogen (secondary N) is 2. The molecule has 5 rings (SSSR count). The smallest absolute Gasteiger partial charge is 0.261 e. The quantitative estimate of drug-likeness (QED) is 0.481. The first-order chi connectivity index (χ1) is 15.6. The Kier molecular flexibility index (Phi) is 4.99. The number of carbonyl (C=O) groups excluding carboxylic acids is 1. The van der Waals surface area contributed by atoms with E-state index in [4.69, 9.17) is 0 Å². The van der Waals surface area contributed by atoms with E-state index in [1.165, 1.54) is 18.2 Å². The highest BCUT2D eigenvalue weighted by molar-refractivity contribution is 6.03. The molecule has 0 saturated carbocycles. The van der Waals surface area contributed by atoms with Crippen molar-refractivity contribution in [3.63, 3.8) is 0 Å². The molecule has 2 N–H and O–H groups in total. The molecule has 6 nitrogen and oxygen atoms in total. The number of anilines is 2. The Bertz CT molecular complexity index is 1310. The van der Waals surface area contributed by atoms with Crippen LogP contribution in [0.2, 0.25) is 0 Å². The molecular formula is C25H20FN5O. The normalized spacial score (nSPS) is 14.8. The van der Waals surface area contributed by atoms with E-state index in [2.05, 4.69) is 26.8 Å². The molecular weight excluding hydrogens is 405 g/mol. The molecule has 0 fully saturated rings. The van der Waals surface area contributed by atoms with Crippen LogP contribution in [0.1, 0.15) is 33.1 Å². The minimum absolute atomic E-state index is 0.0635. The first-order valence-corrected chi connectivity index (χ1v) is 10.2. The maximum absolute atomic E-state index is 14.0. The first-order valence-electron chi connectivity index (χ1n) is 10.2. The molecule has 2 heterocycles. The summed E-state index contributed by atoms with van der Waals surface area (Å²) in [5.74, 6) is -0.617. The lowest BCUT2D eigenvalue weighted by atomic mass is 10.0. The van der Waals surface area contributed by atoms with Gasteiger partial charge in [-0.1, -0.05) is 72.3 Å². The summed E-state index contributed by atoms with van der Waals surface area (Å²) in [6.07, 6.45) is 2.07. The Morgan fingerprint density at radius 3 is 2.47 bits per heavy atom. The average Bonchev–Trinajstić information content (AvgIpc) is 3.22. The Balaban J connectivity index is 1.52. The van der Waals surface area contributed by atoms with Gasteiger partial charge < -0.3 is 5.32 Å². The summed E-state index contributed by atoms with van der Waals surface area (Å²) in [5.41, 5.74) is 4.03. The van der Waals surface area contributed by atoms with Gasteiger partial charge >= 0.3 is 0 Å². The van der Waals surface area contributed by atoms with Gasteiger partial charge in [0.05, 0.1) is 5.56 Å². The molecule has 4 aromatic rings. The number of aryl methyl sites for hydroxylation is 1. The fourth-order valence-electron chi connectivity index (χ4n) is 3.65. The van der Waals surface area contributed by atoms with E-state index in [0.29, 0.717) is 5.95 Å². The number of benzene rings is 3. The fraction of sp³-hybridized carbons (Fsp3) is 0.0800. The standard InChI is InChI=1S/C25H20FN5O/c1-16-11-13-18(14-12-16)22-15-21(17-7-3-2-4-8-17)27-25-29-24(30-31(22)25)28-23(32)19-9-5-6-10-20(19)26/h2-15,22H,1H3,(H2,27,28,29,30,32). The van der Waals surface area contributed by atoms with Gasteiger partial charge in [0.15, 0.2) is 0 Å². The van der Waals surface area contributed by atoms with Crippen LogP contribution in [0.4, 0.5) is 16.3 Å². The van der Waals surface area contributed by atoms with E-state index >= 15 is 0 Å². The Morgan fingerprint density at radius 2 is 1.72 bits per heavy atom. The maximum atomic E-state index is 14.0. The molecule has 1 unspecified atom stereocenters. The third kappa shape index (κ3) is 3.76. The van der Waals surface area contributed by atoms with E-state index in [-0.39, 0.29) is 17.6 Å². The molecule has 0 spiro atoms. The lowest BCUT2D eigenvalue weighted by molar-refractivity contribution is 0.102. The molecule has 1 aliphatic rings. The van der Waals surface area contributed by atoms with Crippen molar-refractivity contribution in [1.82, 2.24) is 14.8 Å². The van der Waals surface area contributed by atoms with Gasteiger partial charge in [0, 0.05) is 5.70 Å². The topological polar surface area (TPSA) is 71.8 Å². The number of fused-ring (bicyclic) bond motifs is 1. The van der Waals surface area contributed by atoms with E-state index in [9.17, 15) is 9.18 Å². The van der Waals surface area contributed by atoms with Gasteiger partial charge in [0.2, 0.25) is 5.95 Å². The summed E-state index contributed by atoms with van der Waals surface area (Å²) in [4.78, 5) is 17.0.